The fourth-order valence-electron chi connectivity index (χ4n) is 2.27. The summed E-state index contributed by atoms with van der Waals surface area (Å²) in [5.74, 6) is 1.05. The summed E-state index contributed by atoms with van der Waals surface area (Å²) in [6, 6.07) is 4.34. The van der Waals surface area contributed by atoms with Gasteiger partial charge < -0.3 is 4.42 Å². The summed E-state index contributed by atoms with van der Waals surface area (Å²) < 4.78 is 5.40. The summed E-state index contributed by atoms with van der Waals surface area (Å²) >= 11 is 0. The van der Waals surface area contributed by atoms with Crippen LogP contribution >= 0.6 is 0 Å². The van der Waals surface area contributed by atoms with Crippen LogP contribution in [0.4, 0.5) is 0 Å². The molecular formula is C10H13NO2. The Labute approximate surface area is 77.2 Å². The highest BCUT2D eigenvalue weighted by molar-refractivity contribution is 5.06. The number of hydrogen-bond donors (Lipinski definition) is 0. The smallest absolute Gasteiger partial charge is 0.123 e. The first-order chi connectivity index (χ1) is 6.43. The quantitative estimate of drug-likeness (QED) is 0.660. The molecule has 70 valence electrons. The molecule has 0 radical (unpaired) electrons. The molecular weight excluding hydrogens is 166 g/mol. The van der Waals surface area contributed by atoms with Crippen molar-refractivity contribution in [2.45, 2.75) is 31.4 Å². The number of hydroxylamine groups is 2. The maximum Gasteiger partial charge on any atom is 0.123 e. The first-order valence-electron chi connectivity index (χ1n) is 4.90. The maximum absolute atomic E-state index is 5.71. The molecule has 1 aromatic rings. The average molecular weight is 179 g/mol. The Morgan fingerprint density at radius 2 is 2.46 bits per heavy atom. The molecule has 0 amide bonds. The van der Waals surface area contributed by atoms with Crippen LogP contribution in [0.5, 0.6) is 0 Å². The van der Waals surface area contributed by atoms with Crippen LogP contribution in [0, 0.1) is 0 Å². The van der Waals surface area contributed by atoms with E-state index in [9.17, 15) is 0 Å². The van der Waals surface area contributed by atoms with Crippen LogP contribution in [0.25, 0.3) is 0 Å². The molecule has 3 nitrogen and oxygen atoms in total. The molecule has 3 unspecified atom stereocenters. The lowest BCUT2D eigenvalue weighted by atomic mass is 10.1. The Morgan fingerprint density at radius 3 is 3.23 bits per heavy atom. The molecule has 0 saturated carbocycles. The van der Waals surface area contributed by atoms with Crippen molar-refractivity contribution in [3.8, 4) is 0 Å². The van der Waals surface area contributed by atoms with Crippen molar-refractivity contribution in [1.82, 2.24) is 5.06 Å². The summed E-state index contributed by atoms with van der Waals surface area (Å²) in [5.41, 5.74) is 0. The van der Waals surface area contributed by atoms with Crippen molar-refractivity contribution < 1.29 is 9.25 Å². The highest BCUT2D eigenvalue weighted by Gasteiger charge is 2.38. The van der Waals surface area contributed by atoms with Gasteiger partial charge in [-0.1, -0.05) is 0 Å². The van der Waals surface area contributed by atoms with Gasteiger partial charge in [-0.2, -0.15) is 5.06 Å². The second kappa shape index (κ2) is 2.86. The van der Waals surface area contributed by atoms with Crippen molar-refractivity contribution >= 4 is 0 Å². The molecule has 2 aliphatic heterocycles. The minimum atomic E-state index is 0.363. The van der Waals surface area contributed by atoms with Crippen LogP contribution in [0.15, 0.2) is 22.8 Å². The van der Waals surface area contributed by atoms with E-state index in [1.165, 1.54) is 12.8 Å². The minimum Gasteiger partial charge on any atom is -0.468 e. The van der Waals surface area contributed by atoms with E-state index in [-0.39, 0.29) is 0 Å². The molecule has 0 N–H and O–H groups in total. The van der Waals surface area contributed by atoms with Crippen LogP contribution < -0.4 is 0 Å². The number of nitrogens with zero attached hydrogens (tertiary/aromatic N) is 1. The van der Waals surface area contributed by atoms with Gasteiger partial charge in [0.15, 0.2) is 0 Å². The number of hydrogen-bond acceptors (Lipinski definition) is 3. The van der Waals surface area contributed by atoms with E-state index in [0.29, 0.717) is 12.1 Å². The minimum absolute atomic E-state index is 0.363. The monoisotopic (exact) mass is 179 g/mol. The predicted molar refractivity (Wildman–Crippen MR) is 46.9 cm³/mol. The van der Waals surface area contributed by atoms with Gasteiger partial charge in [0, 0.05) is 13.0 Å². The van der Waals surface area contributed by atoms with Gasteiger partial charge in [-0.05, 0) is 25.0 Å². The fourth-order valence-corrected chi connectivity index (χ4v) is 2.27. The highest BCUT2D eigenvalue weighted by atomic mass is 16.7. The summed E-state index contributed by atoms with van der Waals surface area (Å²) in [6.45, 7) is 1.04. The van der Waals surface area contributed by atoms with Crippen molar-refractivity contribution in [3.05, 3.63) is 24.2 Å². The molecule has 2 saturated heterocycles. The molecule has 0 aromatic carbocycles. The summed E-state index contributed by atoms with van der Waals surface area (Å²) in [5, 5.41) is 2.08. The maximum atomic E-state index is 5.71. The lowest BCUT2D eigenvalue weighted by Crippen LogP contribution is -2.27. The summed E-state index contributed by atoms with van der Waals surface area (Å²) in [4.78, 5) is 5.71. The van der Waals surface area contributed by atoms with Crippen LogP contribution in [0.3, 0.4) is 0 Å². The number of fused-ring (bicyclic) bond motifs is 2. The van der Waals surface area contributed by atoms with Gasteiger partial charge in [0.1, 0.15) is 5.76 Å². The average Bonchev–Trinajstić information content (AvgIpc) is 2.74. The van der Waals surface area contributed by atoms with Gasteiger partial charge in [-0.25, -0.2) is 0 Å². The third-order valence-electron chi connectivity index (χ3n) is 2.89. The lowest BCUT2D eigenvalue weighted by Gasteiger charge is -2.24. The van der Waals surface area contributed by atoms with Crippen LogP contribution in [-0.4, -0.2) is 17.7 Å². The molecule has 3 atom stereocenters. The predicted octanol–water partition coefficient (Wildman–Crippen LogP) is 2.12. The molecule has 0 spiro atoms. The number of rotatable bonds is 1. The van der Waals surface area contributed by atoms with Crippen LogP contribution in [0.2, 0.25) is 0 Å². The third kappa shape index (κ3) is 1.19. The zero-order valence-corrected chi connectivity index (χ0v) is 7.48. The van der Waals surface area contributed by atoms with Gasteiger partial charge in [-0.3, -0.25) is 4.84 Å². The Bertz CT molecular complexity index is 283. The van der Waals surface area contributed by atoms with Crippen molar-refractivity contribution in [2.24, 2.45) is 0 Å². The van der Waals surface area contributed by atoms with E-state index in [2.05, 4.69) is 5.06 Å². The molecule has 13 heavy (non-hydrogen) atoms. The fraction of sp³-hybridized carbons (Fsp3) is 0.600. The van der Waals surface area contributed by atoms with E-state index >= 15 is 0 Å². The van der Waals surface area contributed by atoms with Gasteiger partial charge >= 0.3 is 0 Å². The van der Waals surface area contributed by atoms with Crippen molar-refractivity contribution in [2.75, 3.05) is 6.54 Å². The largest absolute Gasteiger partial charge is 0.468 e. The van der Waals surface area contributed by atoms with Crippen molar-refractivity contribution in [1.29, 1.82) is 0 Å². The molecule has 3 heteroatoms. The molecule has 2 aliphatic rings. The molecule has 0 aliphatic carbocycles. The standard InChI is InChI=1S/C10H13NO2/c1-3-8-7-9(11(5-1)13-8)10-4-2-6-12-10/h2,4,6,8-9H,1,3,5,7H2. The lowest BCUT2D eigenvalue weighted by molar-refractivity contribution is -0.187. The molecule has 1 aromatic heterocycles. The van der Waals surface area contributed by atoms with E-state index in [0.717, 1.165) is 18.7 Å². The Kier molecular flexibility index (Phi) is 1.67. The molecule has 3 rings (SSSR count). The Morgan fingerprint density at radius 1 is 1.46 bits per heavy atom. The molecule has 3 heterocycles. The topological polar surface area (TPSA) is 25.6 Å². The first kappa shape index (κ1) is 7.59. The van der Waals surface area contributed by atoms with Crippen molar-refractivity contribution in [3.63, 3.8) is 0 Å². The van der Waals surface area contributed by atoms with Gasteiger partial charge in [-0.15, -0.1) is 0 Å². The Balaban J connectivity index is 1.86. The zero-order valence-electron chi connectivity index (χ0n) is 7.48. The van der Waals surface area contributed by atoms with E-state index < -0.39 is 0 Å². The van der Waals surface area contributed by atoms with Gasteiger partial charge in [0.25, 0.3) is 0 Å². The number of furan rings is 1. The van der Waals surface area contributed by atoms with Crippen LogP contribution in [-0.2, 0) is 4.84 Å². The van der Waals surface area contributed by atoms with E-state index in [1.54, 1.807) is 6.26 Å². The van der Waals surface area contributed by atoms with E-state index in [1.807, 2.05) is 12.1 Å². The third-order valence-corrected chi connectivity index (χ3v) is 2.89. The second-order valence-electron chi connectivity index (χ2n) is 3.78. The van der Waals surface area contributed by atoms with Gasteiger partial charge in [0.05, 0.1) is 18.4 Å². The molecule has 2 fully saturated rings. The highest BCUT2D eigenvalue weighted by Crippen LogP contribution is 2.38. The molecule has 2 bridgehead atoms. The second-order valence-corrected chi connectivity index (χ2v) is 3.78. The van der Waals surface area contributed by atoms with Gasteiger partial charge in [0.2, 0.25) is 0 Å². The first-order valence-corrected chi connectivity index (χ1v) is 4.90. The SMILES string of the molecule is c1coc(C2CC3CCCN2O3)c1. The summed E-state index contributed by atoms with van der Waals surface area (Å²) in [7, 11) is 0. The van der Waals surface area contributed by atoms with E-state index in [4.69, 9.17) is 9.25 Å². The Hall–Kier alpha value is -0.800. The van der Waals surface area contributed by atoms with Crippen LogP contribution in [0.1, 0.15) is 31.1 Å². The zero-order chi connectivity index (χ0) is 8.67. The summed E-state index contributed by atoms with van der Waals surface area (Å²) in [6.07, 6.45) is 5.71. The normalized spacial score (nSPS) is 38.0.